The lowest BCUT2D eigenvalue weighted by atomic mass is 9.73. The van der Waals surface area contributed by atoms with Crippen molar-refractivity contribution >= 4 is 34.6 Å². The fraction of sp³-hybridized carbons (Fsp3) is 0.238. The number of carbonyl (C=O) groups excluding carboxylic acids is 2. The van der Waals surface area contributed by atoms with E-state index in [1.807, 2.05) is 12.1 Å². The van der Waals surface area contributed by atoms with Gasteiger partial charge in [-0.1, -0.05) is 35.9 Å². The van der Waals surface area contributed by atoms with Crippen molar-refractivity contribution in [3.05, 3.63) is 80.9 Å². The lowest BCUT2D eigenvalue weighted by Crippen LogP contribution is -2.34. The molecule has 0 bridgehead atoms. The Morgan fingerprint density at radius 2 is 1.82 bits per heavy atom. The number of ether oxygens (including phenoxy) is 1. The van der Waals surface area contributed by atoms with Gasteiger partial charge in [0, 0.05) is 23.1 Å². The van der Waals surface area contributed by atoms with Gasteiger partial charge in [-0.05, 0) is 48.3 Å². The van der Waals surface area contributed by atoms with Gasteiger partial charge in [0.2, 0.25) is 0 Å². The first-order valence-corrected chi connectivity index (χ1v) is 9.20. The second-order valence-electron chi connectivity index (χ2n) is 6.47. The highest BCUT2D eigenvalue weighted by Gasteiger charge is 2.39. The molecule has 0 saturated carbocycles. The molecule has 2 aromatic rings. The Morgan fingerprint density at radius 3 is 2.39 bits per heavy atom. The van der Waals surface area contributed by atoms with Gasteiger partial charge < -0.3 is 4.74 Å². The topological polar surface area (TPSA) is 86.5 Å². The Balaban J connectivity index is 2.00. The second-order valence-corrected chi connectivity index (χ2v) is 6.90. The summed E-state index contributed by atoms with van der Waals surface area (Å²) < 4.78 is 5.11. The molecule has 0 radical (unpaired) electrons. The van der Waals surface area contributed by atoms with Gasteiger partial charge in [0.05, 0.1) is 11.5 Å². The van der Waals surface area contributed by atoms with Gasteiger partial charge in [0.15, 0.2) is 5.78 Å². The summed E-state index contributed by atoms with van der Waals surface area (Å²) in [6.45, 7) is 1.85. The number of esters is 1. The molecule has 0 saturated heterocycles. The number of nitro benzene ring substituents is 1. The molecule has 3 rings (SSSR count). The molecule has 1 aliphatic carbocycles. The molecule has 28 heavy (non-hydrogen) atoms. The van der Waals surface area contributed by atoms with Crippen LogP contribution in [0, 0.1) is 16.0 Å². The van der Waals surface area contributed by atoms with Crippen LogP contribution in [0.5, 0.6) is 0 Å². The Morgan fingerprint density at radius 1 is 1.18 bits per heavy atom. The summed E-state index contributed by atoms with van der Waals surface area (Å²) in [7, 11) is 0. The molecule has 0 spiro atoms. The minimum atomic E-state index is -0.975. The lowest BCUT2D eigenvalue weighted by Gasteiger charge is -2.29. The van der Waals surface area contributed by atoms with Gasteiger partial charge in [-0.15, -0.1) is 0 Å². The Bertz CT molecular complexity index is 934. The zero-order valence-electron chi connectivity index (χ0n) is 15.1. The number of rotatable bonds is 5. The van der Waals surface area contributed by atoms with Crippen LogP contribution in [0.15, 0.2) is 54.6 Å². The SMILES string of the molecule is CCOC(=O)[C@H]1C(=O)C=C(c2ccc(Cl)cc2)C[C@@H]1c1ccc([N+](=O)[O-])cc1. The maximum absolute atomic E-state index is 12.8. The van der Waals surface area contributed by atoms with Crippen LogP contribution in [0.25, 0.3) is 5.57 Å². The molecule has 0 aliphatic heterocycles. The standard InChI is InChI=1S/C21H18ClNO5/c1-2-28-21(25)20-18(14-5-9-17(10-6-14)23(26)27)11-15(12-19(20)24)13-3-7-16(22)8-4-13/h3-10,12,18,20H,2,11H2,1H3/t18-,20-/m1/s1. The molecule has 0 amide bonds. The maximum atomic E-state index is 12.8. The summed E-state index contributed by atoms with van der Waals surface area (Å²) in [5, 5.41) is 11.5. The van der Waals surface area contributed by atoms with Crippen molar-refractivity contribution < 1.29 is 19.2 Å². The third-order valence-electron chi connectivity index (χ3n) is 4.75. The van der Waals surface area contributed by atoms with Crippen LogP contribution in [-0.2, 0) is 14.3 Å². The Hall–Kier alpha value is -2.99. The zero-order valence-corrected chi connectivity index (χ0v) is 15.9. The van der Waals surface area contributed by atoms with Crippen molar-refractivity contribution in [2.75, 3.05) is 6.61 Å². The van der Waals surface area contributed by atoms with E-state index in [1.54, 1.807) is 31.2 Å². The quantitative estimate of drug-likeness (QED) is 0.318. The third-order valence-corrected chi connectivity index (χ3v) is 5.00. The summed E-state index contributed by atoms with van der Waals surface area (Å²) >= 11 is 5.94. The predicted molar refractivity (Wildman–Crippen MR) is 105 cm³/mol. The monoisotopic (exact) mass is 399 g/mol. The average molecular weight is 400 g/mol. The third kappa shape index (κ3) is 4.12. The highest BCUT2D eigenvalue weighted by molar-refractivity contribution is 6.30. The number of ketones is 1. The van der Waals surface area contributed by atoms with Crippen LogP contribution >= 0.6 is 11.6 Å². The van der Waals surface area contributed by atoms with E-state index in [4.69, 9.17) is 16.3 Å². The molecule has 0 unspecified atom stereocenters. The number of nitro groups is 1. The summed E-state index contributed by atoms with van der Waals surface area (Å²) in [5.41, 5.74) is 2.25. The summed E-state index contributed by atoms with van der Waals surface area (Å²) in [5.74, 6) is -2.36. The van der Waals surface area contributed by atoms with Gasteiger partial charge >= 0.3 is 5.97 Å². The molecule has 7 heteroatoms. The van der Waals surface area contributed by atoms with E-state index >= 15 is 0 Å². The van der Waals surface area contributed by atoms with Crippen LogP contribution in [0.2, 0.25) is 5.02 Å². The number of carbonyl (C=O) groups is 2. The Labute approximate surface area is 166 Å². The Kier molecular flexibility index (Phi) is 5.90. The number of benzene rings is 2. The van der Waals surface area contributed by atoms with Crippen LogP contribution < -0.4 is 0 Å². The predicted octanol–water partition coefficient (Wildman–Crippen LogP) is 4.57. The van der Waals surface area contributed by atoms with E-state index in [9.17, 15) is 19.7 Å². The summed E-state index contributed by atoms with van der Waals surface area (Å²) in [6.07, 6.45) is 1.90. The highest BCUT2D eigenvalue weighted by atomic mass is 35.5. The van der Waals surface area contributed by atoms with E-state index in [2.05, 4.69) is 0 Å². The number of hydrogen-bond acceptors (Lipinski definition) is 5. The molecule has 0 fully saturated rings. The van der Waals surface area contributed by atoms with Crippen molar-refractivity contribution in [3.8, 4) is 0 Å². The van der Waals surface area contributed by atoms with E-state index in [0.29, 0.717) is 17.0 Å². The van der Waals surface area contributed by atoms with Gasteiger partial charge in [-0.2, -0.15) is 0 Å². The molecule has 1 aliphatic rings. The van der Waals surface area contributed by atoms with Crippen LogP contribution in [0.3, 0.4) is 0 Å². The van der Waals surface area contributed by atoms with Crippen molar-refractivity contribution in [2.45, 2.75) is 19.3 Å². The van der Waals surface area contributed by atoms with Crippen LogP contribution in [0.1, 0.15) is 30.4 Å². The first-order chi connectivity index (χ1) is 13.4. The number of non-ortho nitro benzene ring substituents is 1. The van der Waals surface area contributed by atoms with Crippen LogP contribution in [0.4, 0.5) is 5.69 Å². The molecule has 2 atom stereocenters. The molecule has 0 aromatic heterocycles. The first kappa shape index (κ1) is 19.8. The molecule has 0 N–H and O–H groups in total. The van der Waals surface area contributed by atoms with Gasteiger partial charge in [-0.25, -0.2) is 0 Å². The summed E-state index contributed by atoms with van der Waals surface area (Å²) in [4.78, 5) is 35.7. The fourth-order valence-corrected chi connectivity index (χ4v) is 3.53. The van der Waals surface area contributed by atoms with Gasteiger partial charge in [0.25, 0.3) is 5.69 Å². The lowest BCUT2D eigenvalue weighted by molar-refractivity contribution is -0.384. The van der Waals surface area contributed by atoms with E-state index < -0.39 is 22.7 Å². The second kappa shape index (κ2) is 8.35. The molecular formula is C21H18ClNO5. The largest absolute Gasteiger partial charge is 0.465 e. The van der Waals surface area contributed by atoms with Crippen molar-refractivity contribution in [1.82, 2.24) is 0 Å². The molecule has 2 aromatic carbocycles. The summed E-state index contributed by atoms with van der Waals surface area (Å²) in [6, 6.07) is 13.0. The van der Waals surface area contributed by atoms with Crippen molar-refractivity contribution in [2.24, 2.45) is 5.92 Å². The van der Waals surface area contributed by atoms with E-state index in [-0.39, 0.29) is 18.1 Å². The number of nitrogens with zero attached hydrogens (tertiary/aromatic N) is 1. The van der Waals surface area contributed by atoms with Crippen LogP contribution in [-0.4, -0.2) is 23.3 Å². The number of allylic oxidation sites excluding steroid dienone is 2. The van der Waals surface area contributed by atoms with E-state index in [1.165, 1.54) is 18.2 Å². The number of halogens is 1. The normalized spacial score (nSPS) is 19.1. The van der Waals surface area contributed by atoms with Crippen molar-refractivity contribution in [3.63, 3.8) is 0 Å². The minimum absolute atomic E-state index is 0.0490. The molecular weight excluding hydrogens is 382 g/mol. The molecule has 0 heterocycles. The van der Waals surface area contributed by atoms with Gasteiger partial charge in [-0.3, -0.25) is 19.7 Å². The average Bonchev–Trinajstić information content (AvgIpc) is 2.68. The molecule has 6 nitrogen and oxygen atoms in total. The maximum Gasteiger partial charge on any atom is 0.317 e. The highest BCUT2D eigenvalue weighted by Crippen LogP contribution is 2.40. The minimum Gasteiger partial charge on any atom is -0.465 e. The van der Waals surface area contributed by atoms with Crippen molar-refractivity contribution in [1.29, 1.82) is 0 Å². The number of hydrogen-bond donors (Lipinski definition) is 0. The van der Waals surface area contributed by atoms with E-state index in [0.717, 1.165) is 11.1 Å². The smallest absolute Gasteiger partial charge is 0.317 e. The molecule has 144 valence electrons. The zero-order chi connectivity index (χ0) is 20.3. The fourth-order valence-electron chi connectivity index (χ4n) is 3.40. The van der Waals surface area contributed by atoms with Gasteiger partial charge in [0.1, 0.15) is 5.92 Å². The first-order valence-electron chi connectivity index (χ1n) is 8.82.